The summed E-state index contributed by atoms with van der Waals surface area (Å²) < 4.78 is 12.4. The molecule has 1 saturated carbocycles. The fourth-order valence-corrected chi connectivity index (χ4v) is 7.40. The third-order valence-corrected chi connectivity index (χ3v) is 9.51. The molecule has 1 fully saturated rings. The third kappa shape index (κ3) is 5.29. The van der Waals surface area contributed by atoms with Crippen molar-refractivity contribution >= 4 is 35.0 Å². The van der Waals surface area contributed by atoms with Gasteiger partial charge in [-0.05, 0) is 55.2 Å². The SMILES string of the molecule is COc1cccc(-n2c(SCC(=O)Nc3ccc(OC)c(Cl)c3)nc3c(c2=O)C2(CCCCC2)Cc2ccccc2-3)c1. The summed E-state index contributed by atoms with van der Waals surface area (Å²) in [5.41, 5.74) is 4.65. The van der Waals surface area contributed by atoms with E-state index in [2.05, 4.69) is 23.5 Å². The minimum Gasteiger partial charge on any atom is -0.497 e. The van der Waals surface area contributed by atoms with Gasteiger partial charge in [0.05, 0.1) is 41.9 Å². The van der Waals surface area contributed by atoms with Crippen LogP contribution in [0.25, 0.3) is 16.9 Å². The normalized spacial score (nSPS) is 15.0. The van der Waals surface area contributed by atoms with Crippen molar-refractivity contribution < 1.29 is 14.3 Å². The molecule has 2 aliphatic rings. The van der Waals surface area contributed by atoms with Gasteiger partial charge in [0, 0.05) is 22.7 Å². The van der Waals surface area contributed by atoms with E-state index in [9.17, 15) is 9.59 Å². The van der Waals surface area contributed by atoms with E-state index in [0.717, 1.165) is 48.9 Å². The van der Waals surface area contributed by atoms with Crippen LogP contribution in [0.2, 0.25) is 5.02 Å². The molecule has 1 spiro atoms. The molecule has 0 bridgehead atoms. The average Bonchev–Trinajstić information content (AvgIpc) is 3.00. The second kappa shape index (κ2) is 11.9. The lowest BCUT2D eigenvalue weighted by Gasteiger charge is -2.42. The van der Waals surface area contributed by atoms with E-state index in [1.54, 1.807) is 29.9 Å². The molecule has 1 N–H and O–H groups in total. The molecule has 0 aliphatic heterocycles. The molecule has 1 amide bonds. The van der Waals surface area contributed by atoms with Crippen LogP contribution >= 0.6 is 23.4 Å². The van der Waals surface area contributed by atoms with Gasteiger partial charge < -0.3 is 14.8 Å². The van der Waals surface area contributed by atoms with Crippen molar-refractivity contribution in [1.29, 1.82) is 0 Å². The summed E-state index contributed by atoms with van der Waals surface area (Å²) in [6.45, 7) is 0. The first-order valence-corrected chi connectivity index (χ1v) is 15.5. The zero-order valence-electron chi connectivity index (χ0n) is 23.6. The molecule has 3 aromatic carbocycles. The van der Waals surface area contributed by atoms with Crippen molar-refractivity contribution in [2.45, 2.75) is 49.1 Å². The Morgan fingerprint density at radius 3 is 2.60 bits per heavy atom. The number of benzene rings is 3. The van der Waals surface area contributed by atoms with Gasteiger partial charge in [0.15, 0.2) is 5.16 Å². The number of thioether (sulfide) groups is 1. The van der Waals surface area contributed by atoms with Crippen LogP contribution in [0.4, 0.5) is 5.69 Å². The summed E-state index contributed by atoms with van der Waals surface area (Å²) in [5, 5.41) is 3.75. The topological polar surface area (TPSA) is 82.4 Å². The van der Waals surface area contributed by atoms with Crippen LogP contribution < -0.4 is 20.3 Å². The highest BCUT2D eigenvalue weighted by molar-refractivity contribution is 7.99. The third-order valence-electron chi connectivity index (χ3n) is 8.27. The second-order valence-corrected chi connectivity index (χ2v) is 12.2. The predicted octanol–water partition coefficient (Wildman–Crippen LogP) is 7.06. The molecule has 7 nitrogen and oxygen atoms in total. The standard InChI is InChI=1S/C33H32ClN3O4S/c1-40-24-11-8-10-23(18-24)37-31(39)29-30(25-12-5-4-9-21(25)19-33(29)15-6-3-7-16-33)36-32(37)42-20-28(38)35-22-13-14-27(41-2)26(34)17-22/h4-5,8-14,17-18H,3,6-7,15-16,19-20H2,1-2H3,(H,35,38). The number of ether oxygens (including phenoxy) is 2. The van der Waals surface area contributed by atoms with Crippen LogP contribution in [0.1, 0.15) is 43.2 Å². The molecule has 42 heavy (non-hydrogen) atoms. The van der Waals surface area contributed by atoms with Crippen molar-refractivity contribution in [2.24, 2.45) is 0 Å². The van der Waals surface area contributed by atoms with Crippen LogP contribution in [0, 0.1) is 0 Å². The van der Waals surface area contributed by atoms with Crippen LogP contribution in [0.5, 0.6) is 11.5 Å². The molecule has 4 aromatic rings. The van der Waals surface area contributed by atoms with E-state index in [-0.39, 0.29) is 22.6 Å². The van der Waals surface area contributed by atoms with Crippen LogP contribution in [0.3, 0.4) is 0 Å². The van der Waals surface area contributed by atoms with Crippen LogP contribution in [0.15, 0.2) is 76.7 Å². The van der Waals surface area contributed by atoms with E-state index in [4.69, 9.17) is 26.1 Å². The number of fused-ring (bicyclic) bond motifs is 4. The highest BCUT2D eigenvalue weighted by Crippen LogP contribution is 2.49. The van der Waals surface area contributed by atoms with Gasteiger partial charge in [-0.1, -0.05) is 73.0 Å². The Balaban J connectivity index is 1.44. The molecule has 0 saturated heterocycles. The lowest BCUT2D eigenvalue weighted by Crippen LogP contribution is -2.43. The van der Waals surface area contributed by atoms with E-state index < -0.39 is 0 Å². The molecule has 0 unspecified atom stereocenters. The first kappa shape index (κ1) is 28.4. The molecule has 1 heterocycles. The summed E-state index contributed by atoms with van der Waals surface area (Å²) in [5.74, 6) is 0.973. The smallest absolute Gasteiger partial charge is 0.263 e. The minimum absolute atomic E-state index is 0.0473. The molecule has 1 aromatic heterocycles. The van der Waals surface area contributed by atoms with Crippen molar-refractivity contribution in [3.63, 3.8) is 0 Å². The zero-order valence-corrected chi connectivity index (χ0v) is 25.2. The second-order valence-electron chi connectivity index (χ2n) is 10.8. The number of anilines is 1. The maximum Gasteiger partial charge on any atom is 0.263 e. The fourth-order valence-electron chi connectivity index (χ4n) is 6.33. The zero-order chi connectivity index (χ0) is 29.3. The first-order chi connectivity index (χ1) is 20.4. The van der Waals surface area contributed by atoms with E-state index >= 15 is 0 Å². The number of halogens is 1. The molecular formula is C33H32ClN3O4S. The van der Waals surface area contributed by atoms with E-state index in [1.807, 2.05) is 30.3 Å². The molecule has 0 atom stereocenters. The van der Waals surface area contributed by atoms with Gasteiger partial charge in [0.1, 0.15) is 11.5 Å². The monoisotopic (exact) mass is 601 g/mol. The largest absolute Gasteiger partial charge is 0.497 e. The number of rotatable bonds is 7. The van der Waals surface area contributed by atoms with Crippen molar-refractivity contribution in [1.82, 2.24) is 9.55 Å². The lowest BCUT2D eigenvalue weighted by molar-refractivity contribution is -0.113. The molecule has 0 radical (unpaired) electrons. The Kier molecular flexibility index (Phi) is 8.01. The van der Waals surface area contributed by atoms with Gasteiger partial charge in [-0.25, -0.2) is 4.98 Å². The highest BCUT2D eigenvalue weighted by Gasteiger charge is 2.43. The van der Waals surface area contributed by atoms with Gasteiger partial charge >= 0.3 is 0 Å². The number of hydrogen-bond acceptors (Lipinski definition) is 6. The fraction of sp³-hybridized carbons (Fsp3) is 0.303. The van der Waals surface area contributed by atoms with Gasteiger partial charge in [0.25, 0.3) is 5.56 Å². The maximum absolute atomic E-state index is 14.7. The number of nitrogens with zero attached hydrogens (tertiary/aromatic N) is 2. The van der Waals surface area contributed by atoms with Gasteiger partial charge in [-0.15, -0.1) is 0 Å². The number of amides is 1. The molecular weight excluding hydrogens is 570 g/mol. The predicted molar refractivity (Wildman–Crippen MR) is 168 cm³/mol. The number of hydrogen-bond donors (Lipinski definition) is 1. The summed E-state index contributed by atoms with van der Waals surface area (Å²) in [6.07, 6.45) is 6.12. The Morgan fingerprint density at radius 2 is 1.83 bits per heavy atom. The van der Waals surface area contributed by atoms with E-state index in [0.29, 0.717) is 33.1 Å². The molecule has 9 heteroatoms. The van der Waals surface area contributed by atoms with E-state index in [1.165, 1.54) is 30.9 Å². The number of methoxy groups -OCH3 is 2. The van der Waals surface area contributed by atoms with Crippen molar-refractivity contribution in [2.75, 3.05) is 25.3 Å². The maximum atomic E-state index is 14.7. The summed E-state index contributed by atoms with van der Waals surface area (Å²) in [7, 11) is 3.14. The van der Waals surface area contributed by atoms with Gasteiger partial charge in [0.2, 0.25) is 5.91 Å². The molecule has 2 aliphatic carbocycles. The quantitative estimate of drug-likeness (QED) is 0.180. The molecule has 6 rings (SSSR count). The Morgan fingerprint density at radius 1 is 1.02 bits per heavy atom. The van der Waals surface area contributed by atoms with Crippen molar-refractivity contribution in [3.8, 4) is 28.4 Å². The summed E-state index contributed by atoms with van der Waals surface area (Å²) >= 11 is 7.48. The lowest BCUT2D eigenvalue weighted by atomic mass is 9.62. The molecule has 216 valence electrons. The summed E-state index contributed by atoms with van der Waals surface area (Å²) in [6, 6.07) is 20.8. The number of nitrogens with one attached hydrogen (secondary N) is 1. The van der Waals surface area contributed by atoms with Gasteiger partial charge in [-0.2, -0.15) is 0 Å². The number of aromatic nitrogens is 2. The van der Waals surface area contributed by atoms with Crippen LogP contribution in [-0.4, -0.2) is 35.4 Å². The Bertz CT molecular complexity index is 1710. The Labute approximate surface area is 254 Å². The van der Waals surface area contributed by atoms with Crippen molar-refractivity contribution in [3.05, 3.63) is 93.2 Å². The first-order valence-electron chi connectivity index (χ1n) is 14.1. The number of carbonyl (C=O) groups excluding carboxylic acids is 1. The summed E-state index contributed by atoms with van der Waals surface area (Å²) in [4.78, 5) is 32.9. The Hall–Kier alpha value is -3.75. The minimum atomic E-state index is -0.249. The van der Waals surface area contributed by atoms with Crippen LogP contribution in [-0.2, 0) is 16.6 Å². The average molecular weight is 602 g/mol. The highest BCUT2D eigenvalue weighted by atomic mass is 35.5. The van der Waals surface area contributed by atoms with Gasteiger partial charge in [-0.3, -0.25) is 14.2 Å². The number of carbonyl (C=O) groups is 1.